The number of alkyl halides is 6. The molecule has 1 saturated heterocycles. The van der Waals surface area contributed by atoms with Crippen LogP contribution in [0, 0.1) is 0 Å². The Morgan fingerprint density at radius 2 is 1.68 bits per heavy atom. The molecule has 162 valence electrons. The number of nitrogens with one attached hydrogen (secondary N) is 1. The Kier molecular flexibility index (Phi) is 8.90. The highest BCUT2D eigenvalue weighted by atomic mass is 35.5. The molecule has 1 fully saturated rings. The van der Waals surface area contributed by atoms with Gasteiger partial charge >= 0.3 is 12.4 Å². The molecule has 1 N–H and O–H groups in total. The summed E-state index contributed by atoms with van der Waals surface area (Å²) in [5.41, 5.74) is -2.83. The third-order valence-corrected chi connectivity index (χ3v) is 4.75. The molecule has 1 heterocycles. The van der Waals surface area contributed by atoms with Crippen LogP contribution in [0.5, 0.6) is 5.75 Å². The predicted octanol–water partition coefficient (Wildman–Crippen LogP) is 5.29. The van der Waals surface area contributed by atoms with E-state index in [1.165, 1.54) is 0 Å². The SMILES string of the molecule is CCCC[C@H](c1c(OC)cc(C(F)(F)F)cc1C(F)(F)F)N1CCNCC1.Cl. The zero-order valence-corrected chi connectivity index (χ0v) is 16.5. The predicted molar refractivity (Wildman–Crippen MR) is 97.0 cm³/mol. The van der Waals surface area contributed by atoms with E-state index in [0.717, 1.165) is 13.5 Å². The number of nitrogens with zero attached hydrogens (tertiary/aromatic N) is 1. The van der Waals surface area contributed by atoms with E-state index in [1.807, 2.05) is 11.8 Å². The molecule has 28 heavy (non-hydrogen) atoms. The minimum absolute atomic E-state index is 0. The van der Waals surface area contributed by atoms with Crippen LogP contribution in [0.15, 0.2) is 12.1 Å². The summed E-state index contributed by atoms with van der Waals surface area (Å²) in [6.07, 6.45) is -7.95. The molecular formula is C18H25ClF6N2O. The van der Waals surface area contributed by atoms with Gasteiger partial charge < -0.3 is 10.1 Å². The van der Waals surface area contributed by atoms with Crippen molar-refractivity contribution in [3.8, 4) is 5.75 Å². The number of ether oxygens (including phenoxy) is 1. The molecular weight excluding hydrogens is 410 g/mol. The molecule has 1 aromatic carbocycles. The van der Waals surface area contributed by atoms with Crippen molar-refractivity contribution < 1.29 is 31.1 Å². The van der Waals surface area contributed by atoms with Crippen LogP contribution in [0.4, 0.5) is 26.3 Å². The van der Waals surface area contributed by atoms with E-state index in [4.69, 9.17) is 4.74 Å². The first-order valence-electron chi connectivity index (χ1n) is 8.90. The van der Waals surface area contributed by atoms with Crippen molar-refractivity contribution in [2.45, 2.75) is 44.6 Å². The fraction of sp³-hybridized carbons (Fsp3) is 0.667. The van der Waals surface area contributed by atoms with Gasteiger partial charge in [-0.1, -0.05) is 19.8 Å². The molecule has 3 nitrogen and oxygen atoms in total. The maximum atomic E-state index is 13.7. The van der Waals surface area contributed by atoms with Gasteiger partial charge in [0.1, 0.15) is 5.75 Å². The number of unbranched alkanes of at least 4 members (excludes halogenated alkanes) is 1. The van der Waals surface area contributed by atoms with E-state index in [1.54, 1.807) is 0 Å². The largest absolute Gasteiger partial charge is 0.496 e. The molecule has 0 unspecified atom stereocenters. The van der Waals surface area contributed by atoms with Crippen molar-refractivity contribution in [3.63, 3.8) is 0 Å². The molecule has 1 aliphatic rings. The van der Waals surface area contributed by atoms with Gasteiger partial charge in [-0.2, -0.15) is 26.3 Å². The maximum Gasteiger partial charge on any atom is 0.416 e. The van der Waals surface area contributed by atoms with Gasteiger partial charge in [-0.25, -0.2) is 0 Å². The number of methoxy groups -OCH3 is 1. The second kappa shape index (κ2) is 10.0. The minimum Gasteiger partial charge on any atom is -0.496 e. The quantitative estimate of drug-likeness (QED) is 0.616. The zero-order valence-electron chi connectivity index (χ0n) is 15.7. The van der Waals surface area contributed by atoms with E-state index in [-0.39, 0.29) is 29.8 Å². The molecule has 1 atom stereocenters. The second-order valence-corrected chi connectivity index (χ2v) is 6.58. The van der Waals surface area contributed by atoms with Gasteiger partial charge in [0.05, 0.1) is 18.2 Å². The maximum absolute atomic E-state index is 13.7. The van der Waals surface area contributed by atoms with E-state index in [9.17, 15) is 26.3 Å². The average molecular weight is 435 g/mol. The van der Waals surface area contributed by atoms with Crippen molar-refractivity contribution in [1.82, 2.24) is 10.2 Å². The molecule has 10 heteroatoms. The number of piperazine rings is 1. The van der Waals surface area contributed by atoms with Gasteiger partial charge in [-0.15, -0.1) is 12.4 Å². The normalized spacial score (nSPS) is 17.1. The first-order chi connectivity index (χ1) is 12.6. The Balaban J connectivity index is 0.00000392. The summed E-state index contributed by atoms with van der Waals surface area (Å²) in [6, 6.07) is 0.228. The topological polar surface area (TPSA) is 24.5 Å². The Labute approximate surface area is 166 Å². The molecule has 1 aromatic rings. The van der Waals surface area contributed by atoms with Gasteiger partial charge in [-0.05, 0) is 18.6 Å². The van der Waals surface area contributed by atoms with Gasteiger partial charge in [0, 0.05) is 37.8 Å². The van der Waals surface area contributed by atoms with Crippen molar-refractivity contribution in [2.75, 3.05) is 33.3 Å². The second-order valence-electron chi connectivity index (χ2n) is 6.58. The number of rotatable bonds is 6. The molecule has 0 bridgehead atoms. The molecule has 0 saturated carbocycles. The number of hydrogen-bond acceptors (Lipinski definition) is 3. The van der Waals surface area contributed by atoms with Crippen LogP contribution >= 0.6 is 12.4 Å². The van der Waals surface area contributed by atoms with Crippen LogP contribution in [-0.4, -0.2) is 38.2 Å². The Morgan fingerprint density at radius 3 is 2.14 bits per heavy atom. The summed E-state index contributed by atoms with van der Waals surface area (Å²) in [6.45, 7) is 4.20. The molecule has 0 amide bonds. The van der Waals surface area contributed by atoms with Crippen LogP contribution in [0.1, 0.15) is 48.9 Å². The summed E-state index contributed by atoms with van der Waals surface area (Å²) in [7, 11) is 1.10. The third-order valence-electron chi connectivity index (χ3n) is 4.75. The standard InChI is InChI=1S/C18H24F6N2O.ClH/c1-3-4-5-14(26-8-6-25-7-9-26)16-13(18(22,23)24)10-12(17(19,20)21)11-15(16)27-2;/h10-11,14,25H,3-9H2,1-2H3;1H/t14-;/m1./s1. The number of halogens is 7. The van der Waals surface area contributed by atoms with Gasteiger partial charge in [0.25, 0.3) is 0 Å². The third kappa shape index (κ3) is 5.90. The highest BCUT2D eigenvalue weighted by molar-refractivity contribution is 5.85. The summed E-state index contributed by atoms with van der Waals surface area (Å²) in [4.78, 5) is 1.90. The Morgan fingerprint density at radius 1 is 1.07 bits per heavy atom. The molecule has 0 aliphatic carbocycles. The lowest BCUT2D eigenvalue weighted by atomic mass is 9.91. The monoisotopic (exact) mass is 434 g/mol. The van der Waals surface area contributed by atoms with E-state index >= 15 is 0 Å². The Bertz CT molecular complexity index is 630. The highest BCUT2D eigenvalue weighted by Crippen LogP contribution is 2.46. The zero-order chi connectivity index (χ0) is 20.2. The van der Waals surface area contributed by atoms with E-state index < -0.39 is 29.5 Å². The van der Waals surface area contributed by atoms with Gasteiger partial charge in [-0.3, -0.25) is 4.90 Å². The van der Waals surface area contributed by atoms with Crippen molar-refractivity contribution in [1.29, 1.82) is 0 Å². The van der Waals surface area contributed by atoms with Gasteiger partial charge in [0.2, 0.25) is 0 Å². The number of benzene rings is 1. The van der Waals surface area contributed by atoms with Crippen molar-refractivity contribution in [3.05, 3.63) is 28.8 Å². The van der Waals surface area contributed by atoms with Crippen molar-refractivity contribution >= 4 is 12.4 Å². The minimum atomic E-state index is -4.91. The van der Waals surface area contributed by atoms with Crippen LogP contribution in [-0.2, 0) is 12.4 Å². The smallest absolute Gasteiger partial charge is 0.416 e. The lowest BCUT2D eigenvalue weighted by Crippen LogP contribution is -2.45. The van der Waals surface area contributed by atoms with E-state index in [0.29, 0.717) is 45.1 Å². The summed E-state index contributed by atoms with van der Waals surface area (Å²) in [5.74, 6) is -0.364. The van der Waals surface area contributed by atoms with Crippen LogP contribution in [0.25, 0.3) is 0 Å². The molecule has 1 aliphatic heterocycles. The lowest BCUT2D eigenvalue weighted by molar-refractivity contribution is -0.144. The summed E-state index contributed by atoms with van der Waals surface area (Å²) in [5, 5.41) is 3.14. The van der Waals surface area contributed by atoms with Crippen LogP contribution in [0.2, 0.25) is 0 Å². The molecule has 0 radical (unpaired) electrons. The first kappa shape index (κ1) is 24.8. The highest BCUT2D eigenvalue weighted by Gasteiger charge is 2.42. The number of hydrogen-bond donors (Lipinski definition) is 1. The van der Waals surface area contributed by atoms with E-state index in [2.05, 4.69) is 5.32 Å². The van der Waals surface area contributed by atoms with Gasteiger partial charge in [0.15, 0.2) is 0 Å². The molecule has 0 spiro atoms. The first-order valence-corrected chi connectivity index (χ1v) is 8.90. The molecule has 2 rings (SSSR count). The summed E-state index contributed by atoms with van der Waals surface area (Å²) >= 11 is 0. The average Bonchev–Trinajstić information content (AvgIpc) is 2.61. The van der Waals surface area contributed by atoms with Crippen molar-refractivity contribution in [2.24, 2.45) is 0 Å². The fourth-order valence-electron chi connectivity index (χ4n) is 3.44. The summed E-state index contributed by atoms with van der Waals surface area (Å²) < 4.78 is 85.6. The Hall–Kier alpha value is -1.19. The van der Waals surface area contributed by atoms with Crippen LogP contribution in [0.3, 0.4) is 0 Å². The lowest BCUT2D eigenvalue weighted by Gasteiger charge is -2.37. The fourth-order valence-corrected chi connectivity index (χ4v) is 3.44. The molecule has 0 aromatic heterocycles. The van der Waals surface area contributed by atoms with Crippen LogP contribution < -0.4 is 10.1 Å².